The predicted molar refractivity (Wildman–Crippen MR) is 206 cm³/mol. The van der Waals surface area contributed by atoms with Gasteiger partial charge in [-0.3, -0.25) is 28.8 Å². The molecule has 2 heterocycles. The molecule has 5 N–H and O–H groups in total. The van der Waals surface area contributed by atoms with Gasteiger partial charge in [0.15, 0.2) is 0 Å². The molecule has 286 valence electrons. The molecule has 0 spiro atoms. The van der Waals surface area contributed by atoms with Crippen LogP contribution in [0.3, 0.4) is 0 Å². The standard InChI is InChI=1S/C40H45N9O6/c1-40(2,3)55-39(54)42-22-26-11-15-30(16-12-26)37(52)49(31-19-17-29(18-20-31)35-44-46-47-45-35)33(34(41)50)21-25-9-13-28(14-10-25)32-24-48(38(53)43-36(32)51)23-27-7-5-4-6-8-27/h4-10,13-14,17-20,24,26,30,33H,11-12,15-16,21-23H2,1-3H3,(H2,41,50)(H,42,54)(H,43,51,53)(H,44,45,46,47)/t26?,30?,33-/m0/s1. The number of carbonyl (C=O) groups excluding carboxylic acids is 3. The molecule has 1 saturated carbocycles. The summed E-state index contributed by atoms with van der Waals surface area (Å²) in [5, 5.41) is 16.9. The molecule has 0 saturated heterocycles. The molecule has 5 aromatic rings. The molecule has 0 aliphatic heterocycles. The fourth-order valence-electron chi connectivity index (χ4n) is 6.84. The number of nitrogens with two attached hydrogens (primary N) is 1. The van der Waals surface area contributed by atoms with E-state index >= 15 is 0 Å². The summed E-state index contributed by atoms with van der Waals surface area (Å²) in [4.78, 5) is 69.4. The minimum atomic E-state index is -1.04. The van der Waals surface area contributed by atoms with Gasteiger partial charge in [-0.1, -0.05) is 54.6 Å². The van der Waals surface area contributed by atoms with Crippen LogP contribution in [0.15, 0.2) is 94.6 Å². The fourth-order valence-corrected chi connectivity index (χ4v) is 6.84. The van der Waals surface area contributed by atoms with Gasteiger partial charge in [-0.15, -0.1) is 10.2 Å². The Morgan fingerprint density at radius 3 is 2.22 bits per heavy atom. The van der Waals surface area contributed by atoms with Crippen molar-refractivity contribution in [2.75, 3.05) is 11.4 Å². The first kappa shape index (κ1) is 38.3. The van der Waals surface area contributed by atoms with E-state index in [0.717, 1.165) is 5.56 Å². The first-order valence-corrected chi connectivity index (χ1v) is 18.2. The van der Waals surface area contributed by atoms with Crippen LogP contribution in [0.4, 0.5) is 10.5 Å². The number of primary amides is 1. The molecule has 15 nitrogen and oxygen atoms in total. The van der Waals surface area contributed by atoms with Crippen molar-refractivity contribution in [2.45, 2.75) is 71.1 Å². The average molecular weight is 748 g/mol. The summed E-state index contributed by atoms with van der Waals surface area (Å²) in [7, 11) is 0. The van der Waals surface area contributed by atoms with E-state index in [-0.39, 0.29) is 30.7 Å². The number of amides is 3. The molecule has 1 atom stereocenters. The summed E-state index contributed by atoms with van der Waals surface area (Å²) < 4.78 is 6.81. The smallest absolute Gasteiger partial charge is 0.407 e. The fraction of sp³-hybridized carbons (Fsp3) is 0.350. The van der Waals surface area contributed by atoms with E-state index in [1.807, 2.05) is 51.1 Å². The number of tetrazole rings is 1. The Kier molecular flexibility index (Phi) is 11.7. The molecule has 1 fully saturated rings. The number of benzene rings is 3. The average Bonchev–Trinajstić information content (AvgIpc) is 3.71. The van der Waals surface area contributed by atoms with Gasteiger partial charge in [-0.2, -0.15) is 5.21 Å². The number of alkyl carbamates (subject to hydrolysis) is 1. The lowest BCUT2D eigenvalue weighted by molar-refractivity contribution is -0.127. The Bertz CT molecular complexity index is 2200. The van der Waals surface area contributed by atoms with Crippen molar-refractivity contribution in [1.82, 2.24) is 35.5 Å². The van der Waals surface area contributed by atoms with Crippen LogP contribution in [0.1, 0.15) is 57.6 Å². The van der Waals surface area contributed by atoms with Gasteiger partial charge in [0.25, 0.3) is 5.56 Å². The second-order valence-electron chi connectivity index (χ2n) is 14.8. The Morgan fingerprint density at radius 2 is 1.60 bits per heavy atom. The molecular weight excluding hydrogens is 702 g/mol. The van der Waals surface area contributed by atoms with Crippen LogP contribution in [-0.2, 0) is 27.3 Å². The normalized spacial score (nSPS) is 16.2. The van der Waals surface area contributed by atoms with Crippen molar-refractivity contribution in [3.8, 4) is 22.5 Å². The molecule has 1 aliphatic carbocycles. The molecular formula is C40H45N9O6. The Labute approximate surface area is 317 Å². The number of aromatic amines is 2. The number of carbonyl (C=O) groups is 3. The third-order valence-corrected chi connectivity index (χ3v) is 9.66. The van der Waals surface area contributed by atoms with E-state index in [0.29, 0.717) is 66.0 Å². The van der Waals surface area contributed by atoms with Crippen LogP contribution in [0.2, 0.25) is 0 Å². The number of anilines is 1. The highest BCUT2D eigenvalue weighted by Crippen LogP contribution is 2.33. The summed E-state index contributed by atoms with van der Waals surface area (Å²) in [6.07, 6.45) is 3.71. The highest BCUT2D eigenvalue weighted by Gasteiger charge is 2.36. The third-order valence-electron chi connectivity index (χ3n) is 9.66. The van der Waals surface area contributed by atoms with Crippen LogP contribution in [0.5, 0.6) is 0 Å². The molecule has 55 heavy (non-hydrogen) atoms. The topological polar surface area (TPSA) is 211 Å². The Hall–Kier alpha value is -6.38. The number of hydrogen-bond donors (Lipinski definition) is 4. The largest absolute Gasteiger partial charge is 0.444 e. The number of nitrogens with zero attached hydrogens (tertiary/aromatic N) is 5. The molecule has 2 aromatic heterocycles. The maximum absolute atomic E-state index is 14.5. The SMILES string of the molecule is CC(C)(C)OC(=O)NCC1CCC(C(=O)N(c2ccc(-c3nn[nH]n3)cc2)[C@@H](Cc2ccc(-c3cn(Cc4ccccc4)c(=O)[nH]c3=O)cc2)C(N)=O)CC1. The second-order valence-corrected chi connectivity index (χ2v) is 14.8. The predicted octanol–water partition coefficient (Wildman–Crippen LogP) is 4.19. The summed E-state index contributed by atoms with van der Waals surface area (Å²) >= 11 is 0. The minimum Gasteiger partial charge on any atom is -0.444 e. The lowest BCUT2D eigenvalue weighted by Crippen LogP contribution is -2.52. The zero-order valence-electron chi connectivity index (χ0n) is 31.0. The van der Waals surface area contributed by atoms with E-state index in [1.54, 1.807) is 48.5 Å². The lowest BCUT2D eigenvalue weighted by Gasteiger charge is -2.36. The second kappa shape index (κ2) is 16.7. The molecule has 3 aromatic carbocycles. The monoisotopic (exact) mass is 747 g/mol. The number of H-pyrrole nitrogens is 2. The zero-order valence-corrected chi connectivity index (χ0v) is 31.0. The van der Waals surface area contributed by atoms with Crippen LogP contribution >= 0.6 is 0 Å². The first-order valence-electron chi connectivity index (χ1n) is 18.2. The maximum Gasteiger partial charge on any atom is 0.407 e. The third kappa shape index (κ3) is 9.79. The van der Waals surface area contributed by atoms with E-state index in [9.17, 15) is 24.0 Å². The molecule has 6 rings (SSSR count). The van der Waals surface area contributed by atoms with Gasteiger partial charge in [-0.05, 0) is 98.5 Å². The van der Waals surface area contributed by atoms with Crippen molar-refractivity contribution >= 4 is 23.6 Å². The first-order chi connectivity index (χ1) is 26.3. The van der Waals surface area contributed by atoms with Gasteiger partial charge in [0.1, 0.15) is 11.6 Å². The molecule has 0 bridgehead atoms. The summed E-state index contributed by atoms with van der Waals surface area (Å²) in [5.74, 6) is -0.728. The molecule has 1 aliphatic rings. The highest BCUT2D eigenvalue weighted by atomic mass is 16.6. The molecule has 15 heteroatoms. The van der Waals surface area contributed by atoms with Crippen molar-refractivity contribution in [3.05, 3.63) is 117 Å². The van der Waals surface area contributed by atoms with Crippen LogP contribution in [0.25, 0.3) is 22.5 Å². The van der Waals surface area contributed by atoms with Gasteiger partial charge in [0.05, 0.1) is 12.1 Å². The number of ether oxygens (including phenoxy) is 1. The van der Waals surface area contributed by atoms with Gasteiger partial charge in [0.2, 0.25) is 17.6 Å². The van der Waals surface area contributed by atoms with Crippen molar-refractivity contribution < 1.29 is 19.1 Å². The van der Waals surface area contributed by atoms with E-state index in [2.05, 4.69) is 30.9 Å². The summed E-state index contributed by atoms with van der Waals surface area (Å²) in [6, 6.07) is 22.4. The van der Waals surface area contributed by atoms with Crippen molar-refractivity contribution in [3.63, 3.8) is 0 Å². The van der Waals surface area contributed by atoms with Crippen LogP contribution in [-0.4, -0.2) is 66.3 Å². The van der Waals surface area contributed by atoms with Crippen molar-refractivity contribution in [2.24, 2.45) is 17.6 Å². The Balaban J connectivity index is 1.22. The molecule has 3 amide bonds. The van der Waals surface area contributed by atoms with Gasteiger partial charge in [0, 0.05) is 36.3 Å². The number of aromatic nitrogens is 6. The zero-order chi connectivity index (χ0) is 39.1. The minimum absolute atomic E-state index is 0.104. The van der Waals surface area contributed by atoms with Gasteiger partial charge < -0.3 is 15.8 Å². The number of hydrogen-bond acceptors (Lipinski definition) is 9. The van der Waals surface area contributed by atoms with Crippen LogP contribution in [0, 0.1) is 11.8 Å². The van der Waals surface area contributed by atoms with Crippen LogP contribution < -0.4 is 27.2 Å². The quantitative estimate of drug-likeness (QED) is 0.144. The van der Waals surface area contributed by atoms with Crippen molar-refractivity contribution in [1.29, 1.82) is 0 Å². The summed E-state index contributed by atoms with van der Waals surface area (Å²) in [5.41, 5.74) is 8.08. The van der Waals surface area contributed by atoms with E-state index in [4.69, 9.17) is 10.5 Å². The summed E-state index contributed by atoms with van der Waals surface area (Å²) in [6.45, 7) is 6.15. The van der Waals surface area contributed by atoms with Gasteiger partial charge >= 0.3 is 11.8 Å². The molecule has 0 radical (unpaired) electrons. The number of nitrogens with one attached hydrogen (secondary N) is 3. The van der Waals surface area contributed by atoms with E-state index < -0.39 is 34.9 Å². The maximum atomic E-state index is 14.5. The van der Waals surface area contributed by atoms with E-state index in [1.165, 1.54) is 15.7 Å². The number of rotatable bonds is 12. The molecule has 0 unspecified atom stereocenters. The van der Waals surface area contributed by atoms with Gasteiger partial charge in [-0.25, -0.2) is 9.59 Å². The Morgan fingerprint density at radius 1 is 0.927 bits per heavy atom. The lowest BCUT2D eigenvalue weighted by atomic mass is 9.81. The highest BCUT2D eigenvalue weighted by molar-refractivity contribution is 6.01.